The molecule has 136 valence electrons. The number of likely N-dealkylation sites (N-methyl/N-ethyl adjacent to an activating group) is 1. The molecule has 0 saturated heterocycles. The van der Waals surface area contributed by atoms with Gasteiger partial charge >= 0.3 is 0 Å². The van der Waals surface area contributed by atoms with E-state index in [1.54, 1.807) is 17.9 Å². The van der Waals surface area contributed by atoms with Crippen LogP contribution in [0, 0.1) is 0 Å². The van der Waals surface area contributed by atoms with E-state index in [1.807, 2.05) is 38.1 Å². The third-order valence-corrected chi connectivity index (χ3v) is 4.36. The summed E-state index contributed by atoms with van der Waals surface area (Å²) >= 11 is 0. The molecule has 3 rings (SSSR count). The van der Waals surface area contributed by atoms with Crippen LogP contribution in [0.5, 0.6) is 0 Å². The fourth-order valence-corrected chi connectivity index (χ4v) is 2.77. The molecule has 1 fully saturated rings. The molecule has 0 spiro atoms. The molecule has 0 unspecified atom stereocenters. The molecule has 1 amide bonds. The highest BCUT2D eigenvalue weighted by molar-refractivity contribution is 5.90. The Kier molecular flexibility index (Phi) is 5.34. The number of halogens is 1. The van der Waals surface area contributed by atoms with Crippen LogP contribution >= 0.6 is 12.4 Å². The molecule has 1 atom stereocenters. The second-order valence-electron chi connectivity index (χ2n) is 6.43. The molecule has 1 aliphatic rings. The quantitative estimate of drug-likeness (QED) is 0.817. The Hall–Kier alpha value is -2.19. The molecule has 25 heavy (non-hydrogen) atoms. The largest absolute Gasteiger partial charge is 0.358 e. The Bertz CT molecular complexity index is 750. The van der Waals surface area contributed by atoms with E-state index in [0.717, 1.165) is 18.4 Å². The minimum absolute atomic E-state index is 0. The van der Waals surface area contributed by atoms with Crippen molar-refractivity contribution in [3.63, 3.8) is 0 Å². The van der Waals surface area contributed by atoms with Gasteiger partial charge in [-0.05, 0) is 31.4 Å². The first-order valence-electron chi connectivity index (χ1n) is 7.98. The lowest BCUT2D eigenvalue weighted by molar-refractivity contribution is -0.123. The molecule has 2 aromatic rings. The molecular weight excluding hydrogens is 342 g/mol. The Morgan fingerprint density at radius 2 is 2.08 bits per heavy atom. The molecular formula is C16H24ClN7O. The minimum Gasteiger partial charge on any atom is -0.358 e. The van der Waals surface area contributed by atoms with Gasteiger partial charge in [0.25, 0.3) is 0 Å². The predicted octanol–water partition coefficient (Wildman–Crippen LogP) is 0.947. The first-order chi connectivity index (χ1) is 11.4. The number of pyridine rings is 1. The topological polar surface area (TPSA) is 102 Å². The number of anilines is 1. The van der Waals surface area contributed by atoms with Crippen LogP contribution < -0.4 is 16.0 Å². The number of carbonyl (C=O) groups excluding carboxylic acids is 1. The van der Waals surface area contributed by atoms with Crippen molar-refractivity contribution in [2.24, 2.45) is 5.73 Å². The number of nitrogens with two attached hydrogens (primary N) is 1. The molecule has 9 heteroatoms. The van der Waals surface area contributed by atoms with E-state index in [-0.39, 0.29) is 24.4 Å². The van der Waals surface area contributed by atoms with Crippen molar-refractivity contribution in [2.45, 2.75) is 31.2 Å². The van der Waals surface area contributed by atoms with Gasteiger partial charge in [0.15, 0.2) is 11.6 Å². The summed E-state index contributed by atoms with van der Waals surface area (Å²) in [4.78, 5) is 22.9. The molecule has 2 heterocycles. The van der Waals surface area contributed by atoms with Gasteiger partial charge in [0.1, 0.15) is 0 Å². The van der Waals surface area contributed by atoms with Crippen LogP contribution in [-0.2, 0) is 10.2 Å². The summed E-state index contributed by atoms with van der Waals surface area (Å²) in [5.41, 5.74) is 6.53. The number of aromatic nitrogens is 4. The summed E-state index contributed by atoms with van der Waals surface area (Å²) < 4.78 is 1.66. The Morgan fingerprint density at radius 1 is 1.40 bits per heavy atom. The molecule has 1 saturated carbocycles. The van der Waals surface area contributed by atoms with Crippen molar-refractivity contribution < 1.29 is 4.79 Å². The second kappa shape index (κ2) is 6.97. The third-order valence-electron chi connectivity index (χ3n) is 4.36. The van der Waals surface area contributed by atoms with Crippen LogP contribution in [0.25, 0.3) is 5.82 Å². The van der Waals surface area contributed by atoms with Crippen LogP contribution in [0.1, 0.15) is 37.2 Å². The van der Waals surface area contributed by atoms with E-state index in [9.17, 15) is 4.79 Å². The number of amides is 1. The number of nitrogens with one attached hydrogen (secondary N) is 1. The van der Waals surface area contributed by atoms with Crippen molar-refractivity contribution in [3.8, 4) is 5.82 Å². The summed E-state index contributed by atoms with van der Waals surface area (Å²) in [6.07, 6.45) is 3.46. The Balaban J connectivity index is 0.00000225. The number of nitrogens with zero attached hydrogens (tertiary/aromatic N) is 5. The third kappa shape index (κ3) is 3.32. The SMILES string of the molecule is CNC(=O)C1(c2ccc(-n3nc(N(C)C)nc3[C@H](C)N)nc2)CC1.Cl. The van der Waals surface area contributed by atoms with Gasteiger partial charge in [-0.25, -0.2) is 4.98 Å². The van der Waals surface area contributed by atoms with Gasteiger partial charge in [-0.15, -0.1) is 17.5 Å². The van der Waals surface area contributed by atoms with Crippen LogP contribution in [-0.4, -0.2) is 46.8 Å². The van der Waals surface area contributed by atoms with Crippen molar-refractivity contribution in [2.75, 3.05) is 26.0 Å². The number of hydrogen-bond donors (Lipinski definition) is 2. The fraction of sp³-hybridized carbons (Fsp3) is 0.500. The Morgan fingerprint density at radius 3 is 2.52 bits per heavy atom. The summed E-state index contributed by atoms with van der Waals surface area (Å²) in [6.45, 7) is 1.86. The Labute approximate surface area is 153 Å². The van der Waals surface area contributed by atoms with Crippen LogP contribution in [0.15, 0.2) is 18.3 Å². The smallest absolute Gasteiger partial charge is 0.245 e. The predicted molar refractivity (Wildman–Crippen MR) is 98.3 cm³/mol. The highest BCUT2D eigenvalue weighted by atomic mass is 35.5. The van der Waals surface area contributed by atoms with Gasteiger partial charge in [-0.2, -0.15) is 9.67 Å². The zero-order valence-electron chi connectivity index (χ0n) is 14.9. The summed E-state index contributed by atoms with van der Waals surface area (Å²) in [7, 11) is 5.42. The first-order valence-corrected chi connectivity index (χ1v) is 7.98. The monoisotopic (exact) mass is 365 g/mol. The van der Waals surface area contributed by atoms with Crippen molar-refractivity contribution >= 4 is 24.3 Å². The van der Waals surface area contributed by atoms with E-state index in [1.165, 1.54) is 0 Å². The molecule has 0 aromatic carbocycles. The van der Waals surface area contributed by atoms with Crippen molar-refractivity contribution in [1.29, 1.82) is 0 Å². The highest BCUT2D eigenvalue weighted by Crippen LogP contribution is 2.48. The maximum absolute atomic E-state index is 12.1. The lowest BCUT2D eigenvalue weighted by Gasteiger charge is -2.14. The molecule has 1 aliphatic carbocycles. The molecule has 0 bridgehead atoms. The fourth-order valence-electron chi connectivity index (χ4n) is 2.77. The standard InChI is InChI=1S/C16H23N7O.ClH/c1-10(17)13-20-15(22(3)4)21-23(13)12-6-5-11(9-19-12)16(7-8-16)14(24)18-2;/h5-6,9-10H,7-8,17H2,1-4H3,(H,18,24);1H/t10-;/m0./s1. The molecule has 0 radical (unpaired) electrons. The zero-order chi connectivity index (χ0) is 17.5. The van der Waals surface area contributed by atoms with E-state index < -0.39 is 5.41 Å². The average Bonchev–Trinajstić information content (AvgIpc) is 3.25. The highest BCUT2D eigenvalue weighted by Gasteiger charge is 2.51. The van der Waals surface area contributed by atoms with Gasteiger partial charge in [0, 0.05) is 27.3 Å². The average molecular weight is 366 g/mol. The van der Waals surface area contributed by atoms with Gasteiger partial charge in [-0.3, -0.25) is 4.79 Å². The number of rotatable bonds is 5. The van der Waals surface area contributed by atoms with E-state index >= 15 is 0 Å². The molecule has 8 nitrogen and oxygen atoms in total. The first kappa shape index (κ1) is 19.1. The van der Waals surface area contributed by atoms with E-state index in [0.29, 0.717) is 17.6 Å². The van der Waals surface area contributed by atoms with Gasteiger partial charge in [0.05, 0.1) is 11.5 Å². The van der Waals surface area contributed by atoms with Crippen molar-refractivity contribution in [1.82, 2.24) is 25.1 Å². The van der Waals surface area contributed by atoms with E-state index in [2.05, 4.69) is 20.4 Å². The van der Waals surface area contributed by atoms with Gasteiger partial charge in [0.2, 0.25) is 11.9 Å². The van der Waals surface area contributed by atoms with Gasteiger partial charge in [-0.1, -0.05) is 6.07 Å². The molecule has 2 aromatic heterocycles. The lowest BCUT2D eigenvalue weighted by Crippen LogP contribution is -2.31. The second-order valence-corrected chi connectivity index (χ2v) is 6.43. The number of hydrogen-bond acceptors (Lipinski definition) is 6. The lowest BCUT2D eigenvalue weighted by atomic mass is 9.97. The normalized spacial score (nSPS) is 15.9. The summed E-state index contributed by atoms with van der Waals surface area (Å²) in [5, 5.41) is 7.21. The van der Waals surface area contributed by atoms with Crippen LogP contribution in [0.2, 0.25) is 0 Å². The molecule has 3 N–H and O–H groups in total. The summed E-state index contributed by atoms with van der Waals surface area (Å²) in [5.74, 6) is 1.91. The maximum atomic E-state index is 12.1. The van der Waals surface area contributed by atoms with Crippen LogP contribution in [0.4, 0.5) is 5.95 Å². The van der Waals surface area contributed by atoms with E-state index in [4.69, 9.17) is 5.73 Å². The van der Waals surface area contributed by atoms with Crippen molar-refractivity contribution in [3.05, 3.63) is 29.7 Å². The van der Waals surface area contributed by atoms with Gasteiger partial charge < -0.3 is 16.0 Å². The van der Waals surface area contributed by atoms with Crippen LogP contribution in [0.3, 0.4) is 0 Å². The summed E-state index contributed by atoms with van der Waals surface area (Å²) in [6, 6.07) is 3.53. The maximum Gasteiger partial charge on any atom is 0.245 e. The minimum atomic E-state index is -0.415. The molecule has 0 aliphatic heterocycles. The number of carbonyl (C=O) groups is 1. The zero-order valence-corrected chi connectivity index (χ0v) is 15.7.